The molecule has 0 unspecified atom stereocenters. The summed E-state index contributed by atoms with van der Waals surface area (Å²) in [6.07, 6.45) is 6.32. The van der Waals surface area contributed by atoms with Crippen molar-refractivity contribution in [2.45, 2.75) is 85.2 Å². The van der Waals surface area contributed by atoms with E-state index in [1.165, 1.54) is 27.0 Å². The standard InChI is InChI=1S/C31H45N3O7.C4H9NO2/c1-8-12-33-26-22-13-17(2)14-25(40-7)27(36)20(5)15-21(6)29(41-31(32)39)18(3)10-9-11-19(4)30(38)34-23(28(22)37)16-24(26)35;1-4(2,5)3(6)7/h8-11,15-18,20,25,27,29,33,35-37H,1,12-14H2,2-7H3,(H2,32,39)(H,34,38);5H2,1-2H3,(H,6,7)/p+1/b10-9-,19-11+,21-15+;/t17-,18+,20+,25+,27-,29-;/m1./s1. The number of benzene rings is 1. The normalized spacial score (nSPS) is 27.1. The number of aliphatic carboxylic acids is 1. The number of aliphatic hydroxyl groups excluding tert-OH is 1. The summed E-state index contributed by atoms with van der Waals surface area (Å²) in [5.41, 5.74) is 9.80. The maximum Gasteiger partial charge on any atom is 0.405 e. The molecular formula is C35H55N4O9+. The Bertz CT molecular complexity index is 1380. The predicted octanol–water partition coefficient (Wildman–Crippen LogP) is 1.32. The summed E-state index contributed by atoms with van der Waals surface area (Å²) in [4.78, 5) is 34.5. The molecule has 1 aliphatic heterocycles. The summed E-state index contributed by atoms with van der Waals surface area (Å²) in [6, 6.07) is 1.33. The average molecular weight is 676 g/mol. The molecule has 1 heterocycles. The van der Waals surface area contributed by atoms with Gasteiger partial charge in [-0.1, -0.05) is 51.7 Å². The van der Waals surface area contributed by atoms with E-state index in [1.807, 2.05) is 33.8 Å². The van der Waals surface area contributed by atoms with Crippen molar-refractivity contribution in [3.05, 3.63) is 59.7 Å². The van der Waals surface area contributed by atoms with E-state index in [4.69, 9.17) is 15.2 Å². The number of allylic oxidation sites excluding steroid dienone is 2. The van der Waals surface area contributed by atoms with Crippen molar-refractivity contribution < 1.29 is 55.3 Å². The van der Waals surface area contributed by atoms with E-state index < -0.39 is 41.8 Å². The number of carbonyl (C=O) groups is 3. The number of phenols is 2. The van der Waals surface area contributed by atoms with Gasteiger partial charge in [0.25, 0.3) is 5.91 Å². The van der Waals surface area contributed by atoms with Crippen LogP contribution < -0.4 is 27.2 Å². The number of amides is 2. The maximum atomic E-state index is 13.0. The molecule has 0 radical (unpaired) electrons. The van der Waals surface area contributed by atoms with Gasteiger partial charge in [0.05, 0.1) is 30.0 Å². The van der Waals surface area contributed by atoms with Crippen LogP contribution in [-0.4, -0.2) is 70.8 Å². The number of nitrogens with two attached hydrogens (primary N) is 2. The highest BCUT2D eigenvalue weighted by Gasteiger charge is 2.30. The molecule has 0 aliphatic carbocycles. The summed E-state index contributed by atoms with van der Waals surface area (Å²) < 4.78 is 11.1. The van der Waals surface area contributed by atoms with E-state index >= 15 is 0 Å². The Labute approximate surface area is 283 Å². The smallest absolute Gasteiger partial charge is 0.405 e. The van der Waals surface area contributed by atoms with E-state index in [0.29, 0.717) is 41.8 Å². The Hall–Kier alpha value is -4.17. The molecule has 1 aromatic carbocycles. The zero-order valence-electron chi connectivity index (χ0n) is 29.4. The summed E-state index contributed by atoms with van der Waals surface area (Å²) in [5, 5.41) is 47.6. The number of carboxylic acids is 1. The first-order valence-electron chi connectivity index (χ1n) is 15.8. The Morgan fingerprint density at radius 1 is 1.23 bits per heavy atom. The van der Waals surface area contributed by atoms with E-state index in [1.54, 1.807) is 36.5 Å². The fourth-order valence-electron chi connectivity index (χ4n) is 5.12. The summed E-state index contributed by atoms with van der Waals surface area (Å²) in [7, 11) is 1.53. The van der Waals surface area contributed by atoms with Crippen LogP contribution in [0.5, 0.6) is 11.5 Å². The number of nitrogens with one attached hydrogen (secondary N) is 1. The third kappa shape index (κ3) is 12.8. The number of rotatable bonds is 6. The molecular weight excluding hydrogens is 620 g/mol. The molecule has 0 aromatic heterocycles. The summed E-state index contributed by atoms with van der Waals surface area (Å²) in [5.74, 6) is -2.56. The number of aromatic hydroxyl groups is 2. The molecule has 0 saturated heterocycles. The first-order valence-corrected chi connectivity index (χ1v) is 15.8. The van der Waals surface area contributed by atoms with Gasteiger partial charge in [-0.25, -0.2) is 4.79 Å². The molecule has 2 rings (SSSR count). The van der Waals surface area contributed by atoms with Gasteiger partial charge in [0, 0.05) is 30.6 Å². The van der Waals surface area contributed by atoms with Gasteiger partial charge < -0.3 is 56.8 Å². The van der Waals surface area contributed by atoms with Crippen LogP contribution in [0.25, 0.3) is 0 Å². The molecule has 48 heavy (non-hydrogen) atoms. The van der Waals surface area contributed by atoms with E-state index in [-0.39, 0.29) is 34.9 Å². The molecule has 2 amide bonds. The summed E-state index contributed by atoms with van der Waals surface area (Å²) >= 11 is 0. The molecule has 0 saturated carbocycles. The van der Waals surface area contributed by atoms with Gasteiger partial charge in [0.15, 0.2) is 11.4 Å². The third-order valence-electron chi connectivity index (χ3n) is 7.94. The number of fused-ring (bicyclic) bond motifs is 2. The highest BCUT2D eigenvalue weighted by molar-refractivity contribution is 6.04. The van der Waals surface area contributed by atoms with Crippen LogP contribution in [0.3, 0.4) is 0 Å². The van der Waals surface area contributed by atoms with Crippen LogP contribution in [-0.2, 0) is 25.5 Å². The van der Waals surface area contributed by atoms with Gasteiger partial charge in [-0.3, -0.25) is 4.79 Å². The molecule has 268 valence electrons. The van der Waals surface area contributed by atoms with Gasteiger partial charge >= 0.3 is 6.09 Å². The first kappa shape index (κ1) is 41.9. The van der Waals surface area contributed by atoms with Gasteiger partial charge in [0.1, 0.15) is 23.4 Å². The Kier molecular flexibility index (Phi) is 16.6. The minimum atomic E-state index is -1.12. The molecule has 2 bridgehead atoms. The van der Waals surface area contributed by atoms with E-state index in [2.05, 4.69) is 17.6 Å². The lowest BCUT2D eigenvalue weighted by molar-refractivity contribution is -0.562. The second-order valence-corrected chi connectivity index (χ2v) is 13.1. The molecule has 13 nitrogen and oxygen atoms in total. The zero-order chi connectivity index (χ0) is 36.9. The number of quaternary nitrogens is 2. The second-order valence-electron chi connectivity index (χ2n) is 13.1. The van der Waals surface area contributed by atoms with Crippen molar-refractivity contribution in [1.29, 1.82) is 0 Å². The minimum absolute atomic E-state index is 0.0820. The first-order chi connectivity index (χ1) is 22.2. The third-order valence-corrected chi connectivity index (χ3v) is 7.94. The van der Waals surface area contributed by atoms with Gasteiger partial charge in [-0.05, 0) is 58.1 Å². The van der Waals surface area contributed by atoms with Crippen LogP contribution in [0.1, 0.15) is 60.5 Å². The number of aliphatic hydroxyl groups is 1. The fourth-order valence-corrected chi connectivity index (χ4v) is 5.12. The van der Waals surface area contributed by atoms with Crippen molar-refractivity contribution in [1.82, 2.24) is 0 Å². The molecule has 1 aromatic rings. The number of primary amides is 1. The van der Waals surface area contributed by atoms with E-state index in [0.717, 1.165) is 0 Å². The average Bonchev–Trinajstić information content (AvgIpc) is 2.99. The van der Waals surface area contributed by atoms with Gasteiger partial charge in [-0.2, -0.15) is 0 Å². The Balaban J connectivity index is 0.00000148. The minimum Gasteiger partial charge on any atom is -0.544 e. The van der Waals surface area contributed by atoms with Crippen LogP contribution in [0.4, 0.5) is 16.2 Å². The van der Waals surface area contributed by atoms with Crippen molar-refractivity contribution in [3.8, 4) is 11.5 Å². The lowest BCUT2D eigenvalue weighted by Crippen LogP contribution is -2.78. The van der Waals surface area contributed by atoms with Crippen molar-refractivity contribution >= 4 is 29.3 Å². The zero-order valence-corrected chi connectivity index (χ0v) is 29.4. The lowest BCUT2D eigenvalue weighted by Gasteiger charge is -2.29. The Morgan fingerprint density at radius 2 is 1.83 bits per heavy atom. The molecule has 11 N–H and O–H groups in total. The highest BCUT2D eigenvalue weighted by atomic mass is 16.6. The number of carboxylic acid groups (broad SMARTS) is 1. The van der Waals surface area contributed by atoms with Crippen LogP contribution in [0.15, 0.2) is 54.2 Å². The van der Waals surface area contributed by atoms with Gasteiger partial charge in [-0.15, -0.1) is 0 Å². The number of anilines is 1. The monoisotopic (exact) mass is 675 g/mol. The topological polar surface area (TPSA) is 236 Å². The van der Waals surface area contributed by atoms with Crippen molar-refractivity contribution in [3.63, 3.8) is 0 Å². The largest absolute Gasteiger partial charge is 0.544 e. The summed E-state index contributed by atoms with van der Waals surface area (Å²) in [6.45, 7) is 16.3. The highest BCUT2D eigenvalue weighted by Crippen LogP contribution is 2.40. The lowest BCUT2D eigenvalue weighted by atomic mass is 9.87. The SMILES string of the molecule is C=CC[NH2+]c1c(O)cc2c(O)c1C[C@@H](C)C[C@H](OC)[C@H](O)[C@@H](C)/C=C(\C)[C@H](OC(N)=O)[C@@H](C)/C=C\C=C(/C)C(=O)N2.CC(C)([NH3+])C(=O)[O-]. The number of methoxy groups -OCH3 is 1. The Morgan fingerprint density at radius 3 is 2.35 bits per heavy atom. The van der Waals surface area contributed by atoms with Crippen LogP contribution in [0.2, 0.25) is 0 Å². The second kappa shape index (κ2) is 19.0. The molecule has 0 spiro atoms. The van der Waals surface area contributed by atoms with Crippen LogP contribution >= 0.6 is 0 Å². The van der Waals surface area contributed by atoms with Crippen LogP contribution in [0, 0.1) is 17.8 Å². The number of carbonyl (C=O) groups excluding carboxylic acids is 3. The maximum absolute atomic E-state index is 13.0. The molecule has 13 heteroatoms. The quantitative estimate of drug-likeness (QED) is 0.0995. The number of hydrogen-bond acceptors (Lipinski definition) is 9. The number of phenolic OH excluding ortho intramolecular Hbond substituents is 2. The van der Waals surface area contributed by atoms with Gasteiger partial charge in [0.2, 0.25) is 0 Å². The molecule has 1 aliphatic rings. The molecule has 0 fully saturated rings. The van der Waals surface area contributed by atoms with E-state index in [9.17, 15) is 34.8 Å². The van der Waals surface area contributed by atoms with Crippen molar-refractivity contribution in [2.75, 3.05) is 19.0 Å². The number of ether oxygens (including phenoxy) is 2. The molecule has 6 atom stereocenters. The number of hydrogen-bond donors (Lipinski definition) is 7. The fraction of sp³-hybridized carbons (Fsp3) is 0.514. The van der Waals surface area contributed by atoms with Crippen molar-refractivity contribution in [2.24, 2.45) is 23.5 Å². The predicted molar refractivity (Wildman–Crippen MR) is 181 cm³/mol.